The Labute approximate surface area is 124 Å². The molecule has 5 heteroatoms. The Morgan fingerprint density at radius 2 is 2.24 bits per heavy atom. The van der Waals surface area contributed by atoms with Gasteiger partial charge in [-0.05, 0) is 37.8 Å². The standard InChI is InChI=1S/C16H20N2O3/c1-12-6-7-13(10-19)9-18(12)16(20)11-21-15-5-3-2-4-14(15)8-17/h2-5,12-13,19H,6-7,9-11H2,1H3. The molecule has 0 radical (unpaired) electrons. The van der Waals surface area contributed by atoms with Crippen LogP contribution in [0.2, 0.25) is 0 Å². The second-order valence-electron chi connectivity index (χ2n) is 5.42. The van der Waals surface area contributed by atoms with Gasteiger partial charge in [-0.2, -0.15) is 5.26 Å². The second-order valence-corrected chi connectivity index (χ2v) is 5.42. The molecule has 0 bridgehead atoms. The van der Waals surface area contributed by atoms with Crippen molar-refractivity contribution in [1.29, 1.82) is 5.26 Å². The third kappa shape index (κ3) is 3.73. The molecule has 1 aromatic carbocycles. The van der Waals surface area contributed by atoms with E-state index in [1.165, 1.54) is 0 Å². The van der Waals surface area contributed by atoms with Gasteiger partial charge in [0.2, 0.25) is 0 Å². The summed E-state index contributed by atoms with van der Waals surface area (Å²) in [5.41, 5.74) is 0.422. The van der Waals surface area contributed by atoms with Gasteiger partial charge in [-0.3, -0.25) is 4.79 Å². The second kappa shape index (κ2) is 7.09. The van der Waals surface area contributed by atoms with Crippen LogP contribution >= 0.6 is 0 Å². The lowest BCUT2D eigenvalue weighted by molar-refractivity contribution is -0.138. The summed E-state index contributed by atoms with van der Waals surface area (Å²) in [5.74, 6) is 0.474. The highest BCUT2D eigenvalue weighted by Gasteiger charge is 2.28. The predicted molar refractivity (Wildman–Crippen MR) is 77.6 cm³/mol. The summed E-state index contributed by atoms with van der Waals surface area (Å²) in [6.45, 7) is 2.60. The van der Waals surface area contributed by atoms with E-state index in [0.717, 1.165) is 12.8 Å². The molecule has 1 heterocycles. The molecular formula is C16H20N2O3. The number of para-hydroxylation sites is 1. The van der Waals surface area contributed by atoms with Crippen molar-refractivity contribution < 1.29 is 14.6 Å². The van der Waals surface area contributed by atoms with Crippen LogP contribution in [0.25, 0.3) is 0 Å². The molecule has 1 aliphatic heterocycles. The summed E-state index contributed by atoms with van der Waals surface area (Å²) in [4.78, 5) is 14.0. The third-order valence-corrected chi connectivity index (χ3v) is 3.92. The lowest BCUT2D eigenvalue weighted by atomic mass is 9.94. The van der Waals surface area contributed by atoms with Crippen LogP contribution in [-0.4, -0.2) is 41.7 Å². The quantitative estimate of drug-likeness (QED) is 0.912. The van der Waals surface area contributed by atoms with Gasteiger partial charge in [0.1, 0.15) is 11.8 Å². The first-order chi connectivity index (χ1) is 10.2. The van der Waals surface area contributed by atoms with Gasteiger partial charge in [-0.1, -0.05) is 12.1 Å². The summed E-state index contributed by atoms with van der Waals surface area (Å²) in [7, 11) is 0. The normalized spacial score (nSPS) is 21.7. The fourth-order valence-electron chi connectivity index (χ4n) is 2.59. The van der Waals surface area contributed by atoms with E-state index in [0.29, 0.717) is 17.9 Å². The molecule has 0 aliphatic carbocycles. The van der Waals surface area contributed by atoms with E-state index < -0.39 is 0 Å². The van der Waals surface area contributed by atoms with Gasteiger partial charge in [-0.15, -0.1) is 0 Å². The Bertz CT molecular complexity index is 539. The van der Waals surface area contributed by atoms with Gasteiger partial charge in [0.05, 0.1) is 5.56 Å². The van der Waals surface area contributed by atoms with Crippen molar-refractivity contribution in [2.24, 2.45) is 5.92 Å². The summed E-state index contributed by atoms with van der Waals surface area (Å²) in [6.07, 6.45) is 1.84. The van der Waals surface area contributed by atoms with E-state index >= 15 is 0 Å². The molecule has 2 rings (SSSR count). The molecule has 0 spiro atoms. The zero-order chi connectivity index (χ0) is 15.2. The van der Waals surface area contributed by atoms with Crippen LogP contribution in [0.15, 0.2) is 24.3 Å². The minimum atomic E-state index is -0.103. The SMILES string of the molecule is CC1CCC(CO)CN1C(=O)COc1ccccc1C#N. The average molecular weight is 288 g/mol. The van der Waals surface area contributed by atoms with Crippen LogP contribution in [0.3, 0.4) is 0 Å². The largest absolute Gasteiger partial charge is 0.482 e. The fourth-order valence-corrected chi connectivity index (χ4v) is 2.59. The van der Waals surface area contributed by atoms with Crippen molar-refractivity contribution in [3.63, 3.8) is 0 Å². The first kappa shape index (κ1) is 15.3. The minimum absolute atomic E-state index is 0.0822. The number of aliphatic hydroxyl groups is 1. The smallest absolute Gasteiger partial charge is 0.260 e. The first-order valence-corrected chi connectivity index (χ1v) is 7.18. The maximum absolute atomic E-state index is 12.3. The fraction of sp³-hybridized carbons (Fsp3) is 0.500. The lowest BCUT2D eigenvalue weighted by Gasteiger charge is -2.37. The molecule has 0 saturated carbocycles. The van der Waals surface area contributed by atoms with E-state index in [1.54, 1.807) is 29.2 Å². The maximum atomic E-state index is 12.3. The third-order valence-electron chi connectivity index (χ3n) is 3.92. The van der Waals surface area contributed by atoms with Crippen molar-refractivity contribution in [1.82, 2.24) is 4.90 Å². The van der Waals surface area contributed by atoms with Crippen molar-refractivity contribution in [2.45, 2.75) is 25.8 Å². The monoisotopic (exact) mass is 288 g/mol. The number of hydrogen-bond acceptors (Lipinski definition) is 4. The number of hydrogen-bond donors (Lipinski definition) is 1. The maximum Gasteiger partial charge on any atom is 0.260 e. The van der Waals surface area contributed by atoms with Gasteiger partial charge >= 0.3 is 0 Å². The van der Waals surface area contributed by atoms with Crippen LogP contribution in [0.5, 0.6) is 5.75 Å². The molecule has 21 heavy (non-hydrogen) atoms. The topological polar surface area (TPSA) is 73.6 Å². The Kier molecular flexibility index (Phi) is 5.18. The summed E-state index contributed by atoms with van der Waals surface area (Å²) < 4.78 is 5.48. The number of piperidine rings is 1. The van der Waals surface area contributed by atoms with Crippen LogP contribution in [-0.2, 0) is 4.79 Å². The van der Waals surface area contributed by atoms with Crippen LogP contribution < -0.4 is 4.74 Å². The summed E-state index contributed by atoms with van der Waals surface area (Å²) >= 11 is 0. The van der Waals surface area contributed by atoms with E-state index in [2.05, 4.69) is 0 Å². The summed E-state index contributed by atoms with van der Waals surface area (Å²) in [6, 6.07) is 9.07. The van der Waals surface area contributed by atoms with E-state index in [1.807, 2.05) is 13.0 Å². The highest BCUT2D eigenvalue weighted by Crippen LogP contribution is 2.22. The van der Waals surface area contributed by atoms with Crippen molar-refractivity contribution in [3.05, 3.63) is 29.8 Å². The molecule has 112 valence electrons. The highest BCUT2D eigenvalue weighted by atomic mass is 16.5. The molecule has 1 fully saturated rings. The predicted octanol–water partition coefficient (Wildman–Crippen LogP) is 1.56. The number of likely N-dealkylation sites (tertiary alicyclic amines) is 1. The van der Waals surface area contributed by atoms with E-state index in [-0.39, 0.29) is 31.1 Å². The van der Waals surface area contributed by atoms with Crippen molar-refractivity contribution >= 4 is 5.91 Å². The Balaban J connectivity index is 1.96. The zero-order valence-corrected chi connectivity index (χ0v) is 12.2. The number of carbonyl (C=O) groups is 1. The number of amides is 1. The average Bonchev–Trinajstić information content (AvgIpc) is 2.53. The van der Waals surface area contributed by atoms with Gasteiger partial charge in [0, 0.05) is 19.2 Å². The van der Waals surface area contributed by atoms with Crippen LogP contribution in [0.1, 0.15) is 25.3 Å². The number of aliphatic hydroxyl groups excluding tert-OH is 1. The minimum Gasteiger partial charge on any atom is -0.482 e. The van der Waals surface area contributed by atoms with E-state index in [9.17, 15) is 9.90 Å². The Hall–Kier alpha value is -2.06. The van der Waals surface area contributed by atoms with Gasteiger partial charge in [0.25, 0.3) is 5.91 Å². The molecule has 5 nitrogen and oxygen atoms in total. The molecule has 2 atom stereocenters. The molecule has 0 aromatic heterocycles. The first-order valence-electron chi connectivity index (χ1n) is 7.18. The number of ether oxygens (including phenoxy) is 1. The molecule has 1 N–H and O–H groups in total. The number of rotatable bonds is 4. The Morgan fingerprint density at radius 3 is 2.95 bits per heavy atom. The van der Waals surface area contributed by atoms with Gasteiger partial charge in [0.15, 0.2) is 6.61 Å². The lowest BCUT2D eigenvalue weighted by Crippen LogP contribution is -2.48. The molecule has 2 unspecified atom stereocenters. The van der Waals surface area contributed by atoms with E-state index in [4.69, 9.17) is 10.00 Å². The molecule has 1 saturated heterocycles. The van der Waals surface area contributed by atoms with Crippen molar-refractivity contribution in [3.8, 4) is 11.8 Å². The highest BCUT2D eigenvalue weighted by molar-refractivity contribution is 5.78. The summed E-state index contributed by atoms with van der Waals surface area (Å²) in [5, 5.41) is 18.2. The number of nitriles is 1. The number of benzene rings is 1. The molecular weight excluding hydrogens is 268 g/mol. The molecule has 1 aliphatic rings. The van der Waals surface area contributed by atoms with Crippen molar-refractivity contribution in [2.75, 3.05) is 19.8 Å². The Morgan fingerprint density at radius 1 is 1.48 bits per heavy atom. The number of nitrogens with zero attached hydrogens (tertiary/aromatic N) is 2. The van der Waals surface area contributed by atoms with Crippen LogP contribution in [0.4, 0.5) is 0 Å². The molecule has 1 amide bonds. The van der Waals surface area contributed by atoms with Gasteiger partial charge in [-0.25, -0.2) is 0 Å². The molecule has 1 aromatic rings. The zero-order valence-electron chi connectivity index (χ0n) is 12.2. The van der Waals surface area contributed by atoms with Gasteiger partial charge < -0.3 is 14.7 Å². The number of carbonyl (C=O) groups excluding carboxylic acids is 1. The van der Waals surface area contributed by atoms with Crippen LogP contribution in [0, 0.1) is 17.2 Å².